The third kappa shape index (κ3) is 6.89. The first-order valence-electron chi connectivity index (χ1n) is 9.75. The van der Waals surface area contributed by atoms with Crippen molar-refractivity contribution in [2.24, 2.45) is 0 Å². The van der Waals surface area contributed by atoms with E-state index < -0.39 is 0 Å². The molecule has 0 aromatic heterocycles. The minimum Gasteiger partial charge on any atom is -0.383 e. The number of carbonyl (C=O) groups excluding carboxylic acids is 3. The fraction of sp³-hybridized carbons (Fsp3) is 0.318. The van der Waals surface area contributed by atoms with E-state index in [1.54, 1.807) is 38.3 Å². The lowest BCUT2D eigenvalue weighted by atomic mass is 10.1. The van der Waals surface area contributed by atoms with Crippen molar-refractivity contribution in [2.75, 3.05) is 42.8 Å². The molecule has 0 fully saturated rings. The predicted molar refractivity (Wildman–Crippen MR) is 118 cm³/mol. The molecular formula is C22H28N4O4. The van der Waals surface area contributed by atoms with Gasteiger partial charge in [-0.1, -0.05) is 13.0 Å². The fourth-order valence-corrected chi connectivity index (χ4v) is 2.66. The second-order valence-electron chi connectivity index (χ2n) is 6.61. The molecule has 2 rings (SSSR count). The summed E-state index contributed by atoms with van der Waals surface area (Å²) in [5.74, 6) is -0.490. The van der Waals surface area contributed by atoms with E-state index in [9.17, 15) is 14.4 Å². The Labute approximate surface area is 176 Å². The molecule has 160 valence electrons. The lowest BCUT2D eigenvalue weighted by Crippen LogP contribution is -2.27. The van der Waals surface area contributed by atoms with E-state index in [0.29, 0.717) is 36.5 Å². The molecule has 0 heterocycles. The lowest BCUT2D eigenvalue weighted by molar-refractivity contribution is -0.116. The first-order chi connectivity index (χ1) is 14.4. The number of amides is 3. The van der Waals surface area contributed by atoms with Gasteiger partial charge in [0.2, 0.25) is 11.8 Å². The zero-order valence-corrected chi connectivity index (χ0v) is 17.5. The monoisotopic (exact) mass is 412 g/mol. The predicted octanol–water partition coefficient (Wildman–Crippen LogP) is 2.77. The van der Waals surface area contributed by atoms with E-state index in [4.69, 9.17) is 4.74 Å². The first-order valence-corrected chi connectivity index (χ1v) is 9.75. The van der Waals surface area contributed by atoms with Crippen LogP contribution in [0.25, 0.3) is 0 Å². The van der Waals surface area contributed by atoms with Gasteiger partial charge in [-0.2, -0.15) is 0 Å². The number of methoxy groups -OCH3 is 1. The first kappa shape index (κ1) is 22.9. The van der Waals surface area contributed by atoms with Crippen LogP contribution in [0.3, 0.4) is 0 Å². The van der Waals surface area contributed by atoms with Crippen molar-refractivity contribution in [1.82, 2.24) is 5.32 Å². The minimum atomic E-state index is -0.227. The highest BCUT2D eigenvalue weighted by atomic mass is 16.5. The summed E-state index contributed by atoms with van der Waals surface area (Å²) >= 11 is 0. The SMILES string of the molecule is CCC(=O)Nc1cccc(NCC(=O)Nc2ccc(C(=O)NCCOC)cc2)c1C. The van der Waals surface area contributed by atoms with Gasteiger partial charge in [0.05, 0.1) is 13.2 Å². The molecule has 0 atom stereocenters. The second kappa shape index (κ2) is 11.6. The molecule has 0 aliphatic heterocycles. The molecule has 30 heavy (non-hydrogen) atoms. The smallest absolute Gasteiger partial charge is 0.251 e. The number of hydrogen-bond donors (Lipinski definition) is 4. The number of carbonyl (C=O) groups is 3. The van der Waals surface area contributed by atoms with Crippen molar-refractivity contribution in [3.63, 3.8) is 0 Å². The van der Waals surface area contributed by atoms with Crippen LogP contribution in [0.1, 0.15) is 29.3 Å². The highest BCUT2D eigenvalue weighted by Gasteiger charge is 2.09. The van der Waals surface area contributed by atoms with Gasteiger partial charge < -0.3 is 26.0 Å². The van der Waals surface area contributed by atoms with E-state index in [-0.39, 0.29) is 24.3 Å². The Morgan fingerprint density at radius 3 is 2.30 bits per heavy atom. The molecule has 0 unspecified atom stereocenters. The van der Waals surface area contributed by atoms with Crippen molar-refractivity contribution < 1.29 is 19.1 Å². The van der Waals surface area contributed by atoms with E-state index >= 15 is 0 Å². The molecule has 0 aliphatic rings. The summed E-state index contributed by atoms with van der Waals surface area (Å²) in [5.41, 5.74) is 3.43. The number of rotatable bonds is 10. The maximum atomic E-state index is 12.3. The van der Waals surface area contributed by atoms with Gasteiger partial charge in [-0.05, 0) is 48.9 Å². The van der Waals surface area contributed by atoms with Crippen molar-refractivity contribution in [2.45, 2.75) is 20.3 Å². The maximum absolute atomic E-state index is 12.3. The van der Waals surface area contributed by atoms with Crippen LogP contribution in [0.15, 0.2) is 42.5 Å². The summed E-state index contributed by atoms with van der Waals surface area (Å²) in [7, 11) is 1.57. The molecule has 8 heteroatoms. The maximum Gasteiger partial charge on any atom is 0.251 e. The topological polar surface area (TPSA) is 109 Å². The van der Waals surface area contributed by atoms with Crippen LogP contribution in [0.4, 0.5) is 17.1 Å². The Bertz CT molecular complexity index is 881. The lowest BCUT2D eigenvalue weighted by Gasteiger charge is -2.14. The Kier molecular flexibility index (Phi) is 8.83. The molecule has 0 bridgehead atoms. The molecule has 0 saturated carbocycles. The van der Waals surface area contributed by atoms with Gasteiger partial charge in [0.25, 0.3) is 5.91 Å². The van der Waals surface area contributed by atoms with Crippen LogP contribution in [0.2, 0.25) is 0 Å². The van der Waals surface area contributed by atoms with Gasteiger partial charge in [-0.3, -0.25) is 14.4 Å². The molecule has 2 aromatic rings. The van der Waals surface area contributed by atoms with Crippen LogP contribution in [-0.4, -0.2) is 44.5 Å². The normalized spacial score (nSPS) is 10.2. The molecule has 2 aromatic carbocycles. The third-order valence-corrected chi connectivity index (χ3v) is 4.39. The molecule has 0 radical (unpaired) electrons. The Morgan fingerprint density at radius 1 is 0.933 bits per heavy atom. The zero-order chi connectivity index (χ0) is 21.9. The van der Waals surface area contributed by atoms with E-state index in [1.165, 1.54) is 0 Å². The molecular weight excluding hydrogens is 384 g/mol. The number of ether oxygens (including phenoxy) is 1. The van der Waals surface area contributed by atoms with Crippen molar-refractivity contribution in [1.29, 1.82) is 0 Å². The van der Waals surface area contributed by atoms with E-state index in [0.717, 1.165) is 11.3 Å². The van der Waals surface area contributed by atoms with Gasteiger partial charge in [0.15, 0.2) is 0 Å². The molecule has 0 spiro atoms. The summed E-state index contributed by atoms with van der Waals surface area (Å²) in [6, 6.07) is 12.1. The standard InChI is InChI=1S/C22H28N4O4/c1-4-20(27)26-19-7-5-6-18(15(19)2)24-14-21(28)25-17-10-8-16(9-11-17)22(29)23-12-13-30-3/h5-11,24H,4,12-14H2,1-3H3,(H,23,29)(H,25,28)(H,26,27). The van der Waals surface area contributed by atoms with Gasteiger partial charge in [-0.25, -0.2) is 0 Å². The largest absolute Gasteiger partial charge is 0.383 e. The van der Waals surface area contributed by atoms with Crippen LogP contribution in [0.5, 0.6) is 0 Å². The van der Waals surface area contributed by atoms with E-state index in [2.05, 4.69) is 21.3 Å². The number of nitrogens with one attached hydrogen (secondary N) is 4. The zero-order valence-electron chi connectivity index (χ0n) is 17.5. The van der Waals surface area contributed by atoms with Gasteiger partial charge in [0, 0.05) is 42.7 Å². The molecule has 8 nitrogen and oxygen atoms in total. The molecule has 0 saturated heterocycles. The van der Waals surface area contributed by atoms with Gasteiger partial charge in [0.1, 0.15) is 0 Å². The summed E-state index contributed by atoms with van der Waals surface area (Å²) < 4.78 is 4.90. The van der Waals surface area contributed by atoms with Crippen LogP contribution < -0.4 is 21.3 Å². The average Bonchev–Trinajstić information content (AvgIpc) is 2.74. The minimum absolute atomic E-state index is 0.0608. The van der Waals surface area contributed by atoms with Gasteiger partial charge >= 0.3 is 0 Å². The van der Waals surface area contributed by atoms with Crippen LogP contribution in [-0.2, 0) is 14.3 Å². The number of hydrogen-bond acceptors (Lipinski definition) is 5. The third-order valence-electron chi connectivity index (χ3n) is 4.39. The van der Waals surface area contributed by atoms with Crippen molar-refractivity contribution in [3.8, 4) is 0 Å². The highest BCUT2D eigenvalue weighted by Crippen LogP contribution is 2.23. The molecule has 3 amide bonds. The van der Waals surface area contributed by atoms with Crippen LogP contribution in [0, 0.1) is 6.92 Å². The fourth-order valence-electron chi connectivity index (χ4n) is 2.66. The van der Waals surface area contributed by atoms with Crippen LogP contribution >= 0.6 is 0 Å². The number of benzene rings is 2. The Hall–Kier alpha value is -3.39. The number of anilines is 3. The summed E-state index contributed by atoms with van der Waals surface area (Å²) in [5, 5.41) is 11.4. The molecule has 4 N–H and O–H groups in total. The van der Waals surface area contributed by atoms with Crippen molar-refractivity contribution >= 4 is 34.8 Å². The highest BCUT2D eigenvalue weighted by molar-refractivity contribution is 5.97. The van der Waals surface area contributed by atoms with E-state index in [1.807, 2.05) is 25.1 Å². The quantitative estimate of drug-likeness (QED) is 0.449. The summed E-state index contributed by atoms with van der Waals surface area (Å²) in [4.78, 5) is 35.9. The summed E-state index contributed by atoms with van der Waals surface area (Å²) in [6.45, 7) is 4.60. The molecule has 0 aliphatic carbocycles. The Morgan fingerprint density at radius 2 is 1.63 bits per heavy atom. The Balaban J connectivity index is 1.88. The second-order valence-corrected chi connectivity index (χ2v) is 6.61. The average molecular weight is 412 g/mol. The van der Waals surface area contributed by atoms with Gasteiger partial charge in [-0.15, -0.1) is 0 Å². The van der Waals surface area contributed by atoms with Crippen molar-refractivity contribution in [3.05, 3.63) is 53.6 Å². The summed E-state index contributed by atoms with van der Waals surface area (Å²) in [6.07, 6.45) is 0.396.